The minimum atomic E-state index is -3.72. The summed E-state index contributed by atoms with van der Waals surface area (Å²) in [7, 11) is -3.72. The second-order valence-corrected chi connectivity index (χ2v) is 9.18. The fourth-order valence-electron chi connectivity index (χ4n) is 3.40. The Morgan fingerprint density at radius 1 is 1.06 bits per heavy atom. The molecule has 32 heavy (non-hydrogen) atoms. The maximum absolute atomic E-state index is 13.7. The number of ketones is 1. The number of benzene rings is 2. The summed E-state index contributed by atoms with van der Waals surface area (Å²) in [4.78, 5) is 24.4. The maximum Gasteiger partial charge on any atom is 0.309 e. The molecule has 3 rings (SSSR count). The first-order valence-electron chi connectivity index (χ1n) is 10.1. The first-order valence-corrected chi connectivity index (χ1v) is 11.5. The molecule has 7 nitrogen and oxygen atoms in total. The molecule has 1 aliphatic rings. The number of halogens is 2. The molecule has 0 aromatic heterocycles. The Bertz CT molecular complexity index is 1080. The second kappa shape index (κ2) is 10.2. The number of ether oxygens (including phenoxy) is 2. The van der Waals surface area contributed by atoms with Gasteiger partial charge in [0.1, 0.15) is 17.4 Å². The molecule has 0 bridgehead atoms. The molecule has 0 unspecified atom stereocenters. The average molecular weight is 467 g/mol. The molecular weight excluding hydrogens is 444 g/mol. The normalized spacial score (nSPS) is 15.3. The summed E-state index contributed by atoms with van der Waals surface area (Å²) in [6.07, 6.45) is 0.440. The monoisotopic (exact) mass is 467 g/mol. The number of rotatable bonds is 8. The molecule has 2 aromatic rings. The van der Waals surface area contributed by atoms with Crippen LogP contribution in [0.15, 0.2) is 47.4 Å². The molecule has 0 spiro atoms. The molecule has 1 saturated heterocycles. The van der Waals surface area contributed by atoms with Gasteiger partial charge in [0.15, 0.2) is 6.61 Å². The molecule has 172 valence electrons. The smallest absolute Gasteiger partial charge is 0.309 e. The van der Waals surface area contributed by atoms with E-state index in [4.69, 9.17) is 9.47 Å². The Morgan fingerprint density at radius 3 is 2.34 bits per heavy atom. The van der Waals surface area contributed by atoms with Crippen molar-refractivity contribution in [3.8, 4) is 5.75 Å². The summed E-state index contributed by atoms with van der Waals surface area (Å²) in [6.45, 7) is 1.81. The van der Waals surface area contributed by atoms with Crippen LogP contribution in [-0.2, 0) is 19.6 Å². The minimum Gasteiger partial charge on any atom is -0.494 e. The van der Waals surface area contributed by atoms with Gasteiger partial charge in [-0.3, -0.25) is 9.59 Å². The third-order valence-electron chi connectivity index (χ3n) is 5.13. The van der Waals surface area contributed by atoms with E-state index in [1.54, 1.807) is 12.1 Å². The third kappa shape index (κ3) is 5.49. The first kappa shape index (κ1) is 23.8. The lowest BCUT2D eigenvalue weighted by atomic mass is 9.98. The molecular formula is C22H23F2NO6S. The Kier molecular flexibility index (Phi) is 7.57. The zero-order valence-corrected chi connectivity index (χ0v) is 18.2. The summed E-state index contributed by atoms with van der Waals surface area (Å²) in [6, 6.07) is 8.56. The van der Waals surface area contributed by atoms with E-state index in [0.717, 1.165) is 18.2 Å². The van der Waals surface area contributed by atoms with E-state index in [9.17, 15) is 26.8 Å². The Labute approximate surface area is 185 Å². The predicted molar refractivity (Wildman–Crippen MR) is 111 cm³/mol. The summed E-state index contributed by atoms with van der Waals surface area (Å²) in [5, 5.41) is 0. The van der Waals surface area contributed by atoms with Crippen LogP contribution in [0, 0.1) is 17.6 Å². The van der Waals surface area contributed by atoms with Crippen LogP contribution < -0.4 is 4.74 Å². The van der Waals surface area contributed by atoms with Crippen molar-refractivity contribution in [1.29, 1.82) is 0 Å². The molecule has 2 aromatic carbocycles. The van der Waals surface area contributed by atoms with E-state index in [1.807, 2.05) is 6.92 Å². The number of hydrogen-bond acceptors (Lipinski definition) is 6. The highest BCUT2D eigenvalue weighted by molar-refractivity contribution is 7.89. The van der Waals surface area contributed by atoms with E-state index < -0.39 is 51.5 Å². The molecule has 0 radical (unpaired) electrons. The summed E-state index contributed by atoms with van der Waals surface area (Å²) < 4.78 is 64.1. The predicted octanol–water partition coefficient (Wildman–Crippen LogP) is 3.19. The Hall–Kier alpha value is -2.85. The molecule has 0 atom stereocenters. The van der Waals surface area contributed by atoms with Crippen molar-refractivity contribution >= 4 is 21.8 Å². The van der Waals surface area contributed by atoms with Crippen molar-refractivity contribution in [2.75, 3.05) is 26.3 Å². The van der Waals surface area contributed by atoms with Gasteiger partial charge >= 0.3 is 5.97 Å². The quantitative estimate of drug-likeness (QED) is 0.438. The molecule has 1 aliphatic heterocycles. The van der Waals surface area contributed by atoms with Crippen LogP contribution in [0.25, 0.3) is 0 Å². The molecule has 1 heterocycles. The van der Waals surface area contributed by atoms with Gasteiger partial charge in [0, 0.05) is 13.1 Å². The van der Waals surface area contributed by atoms with Gasteiger partial charge in [0.05, 0.1) is 23.0 Å². The van der Waals surface area contributed by atoms with Crippen molar-refractivity contribution in [3.05, 3.63) is 59.7 Å². The van der Waals surface area contributed by atoms with Gasteiger partial charge in [0.2, 0.25) is 15.8 Å². The van der Waals surface area contributed by atoms with Crippen molar-refractivity contribution in [3.63, 3.8) is 0 Å². The average Bonchev–Trinajstić information content (AvgIpc) is 2.79. The zero-order valence-electron chi connectivity index (χ0n) is 17.4. The lowest BCUT2D eigenvalue weighted by Gasteiger charge is -2.30. The van der Waals surface area contributed by atoms with Crippen LogP contribution in [0.4, 0.5) is 8.78 Å². The summed E-state index contributed by atoms with van der Waals surface area (Å²) in [5.41, 5.74) is -0.492. The SMILES string of the molecule is CCOc1ccc(S(=O)(=O)N2CCC(C(=O)OCC(=O)c3cc(F)ccc3F)CC2)cc1. The number of Topliss-reactive ketones (excluding diaryl/α,β-unsaturated/α-hetero) is 1. The van der Waals surface area contributed by atoms with Crippen LogP contribution in [0.1, 0.15) is 30.1 Å². The molecule has 0 amide bonds. The Balaban J connectivity index is 1.53. The topological polar surface area (TPSA) is 90.0 Å². The fourth-order valence-corrected chi connectivity index (χ4v) is 4.87. The van der Waals surface area contributed by atoms with Crippen LogP contribution in [-0.4, -0.2) is 50.8 Å². The summed E-state index contributed by atoms with van der Waals surface area (Å²) in [5.74, 6) is -3.23. The van der Waals surface area contributed by atoms with Crippen LogP contribution in [0.2, 0.25) is 0 Å². The lowest BCUT2D eigenvalue weighted by Crippen LogP contribution is -2.40. The number of esters is 1. The van der Waals surface area contributed by atoms with E-state index in [0.29, 0.717) is 12.4 Å². The van der Waals surface area contributed by atoms with Crippen LogP contribution in [0.3, 0.4) is 0 Å². The lowest BCUT2D eigenvalue weighted by molar-refractivity contribution is -0.148. The van der Waals surface area contributed by atoms with E-state index in [-0.39, 0.29) is 30.8 Å². The van der Waals surface area contributed by atoms with E-state index >= 15 is 0 Å². The Morgan fingerprint density at radius 2 is 1.72 bits per heavy atom. The highest BCUT2D eigenvalue weighted by atomic mass is 32.2. The molecule has 0 N–H and O–H groups in total. The third-order valence-corrected chi connectivity index (χ3v) is 7.05. The number of piperidine rings is 1. The van der Waals surface area contributed by atoms with Crippen molar-refractivity contribution in [2.24, 2.45) is 5.92 Å². The van der Waals surface area contributed by atoms with Gasteiger partial charge in [-0.1, -0.05) is 0 Å². The zero-order chi connectivity index (χ0) is 23.3. The second-order valence-electron chi connectivity index (χ2n) is 7.24. The van der Waals surface area contributed by atoms with Gasteiger partial charge in [-0.05, 0) is 62.2 Å². The van der Waals surface area contributed by atoms with Gasteiger partial charge in [-0.15, -0.1) is 0 Å². The van der Waals surface area contributed by atoms with Crippen molar-refractivity contribution < 1.29 is 36.3 Å². The number of hydrogen-bond donors (Lipinski definition) is 0. The fraction of sp³-hybridized carbons (Fsp3) is 0.364. The highest BCUT2D eigenvalue weighted by Gasteiger charge is 2.33. The standard InChI is InChI=1S/C22H23F2NO6S/c1-2-30-17-4-6-18(7-5-17)32(28,29)25-11-9-15(10-12-25)22(27)31-14-21(26)19-13-16(23)3-8-20(19)24/h3-8,13,15H,2,9-12,14H2,1H3. The van der Waals surface area contributed by atoms with Gasteiger partial charge in [-0.25, -0.2) is 17.2 Å². The van der Waals surface area contributed by atoms with Crippen LogP contribution in [0.5, 0.6) is 5.75 Å². The van der Waals surface area contributed by atoms with Crippen molar-refractivity contribution in [1.82, 2.24) is 4.31 Å². The van der Waals surface area contributed by atoms with Gasteiger partial charge < -0.3 is 9.47 Å². The molecule has 1 fully saturated rings. The molecule has 0 aliphatic carbocycles. The van der Waals surface area contributed by atoms with Crippen LogP contribution >= 0.6 is 0 Å². The largest absolute Gasteiger partial charge is 0.494 e. The van der Waals surface area contributed by atoms with Gasteiger partial charge in [0.25, 0.3) is 0 Å². The van der Waals surface area contributed by atoms with E-state index in [2.05, 4.69) is 0 Å². The number of sulfonamides is 1. The van der Waals surface area contributed by atoms with E-state index in [1.165, 1.54) is 16.4 Å². The minimum absolute atomic E-state index is 0.113. The molecule has 10 heteroatoms. The summed E-state index contributed by atoms with van der Waals surface area (Å²) >= 11 is 0. The number of carbonyl (C=O) groups excluding carboxylic acids is 2. The number of nitrogens with zero attached hydrogens (tertiary/aromatic N) is 1. The first-order chi connectivity index (χ1) is 15.2. The molecule has 0 saturated carbocycles. The number of carbonyl (C=O) groups is 2. The van der Waals surface area contributed by atoms with Crippen molar-refractivity contribution in [2.45, 2.75) is 24.7 Å². The highest BCUT2D eigenvalue weighted by Crippen LogP contribution is 2.26. The van der Waals surface area contributed by atoms with Gasteiger partial charge in [-0.2, -0.15) is 4.31 Å². The maximum atomic E-state index is 13.7.